The van der Waals surface area contributed by atoms with Gasteiger partial charge in [-0.3, -0.25) is 18.7 Å². The van der Waals surface area contributed by atoms with Crippen LogP contribution in [-0.2, 0) is 20.1 Å². The third-order valence-corrected chi connectivity index (χ3v) is 5.48. The van der Waals surface area contributed by atoms with Gasteiger partial charge in [0.2, 0.25) is 0 Å². The summed E-state index contributed by atoms with van der Waals surface area (Å²) in [6.07, 6.45) is 2.24. The number of carbonyl (C=O) groups is 1. The van der Waals surface area contributed by atoms with Gasteiger partial charge in [0.25, 0.3) is 5.56 Å². The zero-order valence-electron chi connectivity index (χ0n) is 17.2. The first-order valence-corrected chi connectivity index (χ1v) is 10.3. The van der Waals surface area contributed by atoms with Gasteiger partial charge in [-0.25, -0.2) is 9.78 Å². The molecule has 4 rings (SSSR count). The molecule has 0 N–H and O–H groups in total. The van der Waals surface area contributed by atoms with Gasteiger partial charge in [-0.2, -0.15) is 0 Å². The number of aryl methyl sites for hydroxylation is 1. The van der Waals surface area contributed by atoms with Crippen molar-refractivity contribution < 1.29 is 4.79 Å². The van der Waals surface area contributed by atoms with Crippen LogP contribution in [0.5, 0.6) is 0 Å². The monoisotopic (exact) mass is 436 g/mol. The average molecular weight is 437 g/mol. The van der Waals surface area contributed by atoms with Gasteiger partial charge in [0, 0.05) is 36.3 Å². The van der Waals surface area contributed by atoms with Crippen LogP contribution >= 0.6 is 11.6 Å². The van der Waals surface area contributed by atoms with Crippen LogP contribution in [0.2, 0.25) is 5.02 Å². The Morgan fingerprint density at radius 2 is 1.61 bits per heavy atom. The molecule has 0 unspecified atom stereocenters. The second-order valence-corrected chi connectivity index (χ2v) is 7.81. The van der Waals surface area contributed by atoms with E-state index in [2.05, 4.69) is 4.98 Å². The van der Waals surface area contributed by atoms with E-state index in [9.17, 15) is 14.4 Å². The normalized spacial score (nSPS) is 11.2. The lowest BCUT2D eigenvalue weighted by molar-refractivity contribution is 0.103. The van der Waals surface area contributed by atoms with Gasteiger partial charge in [0.05, 0.1) is 6.33 Å². The summed E-state index contributed by atoms with van der Waals surface area (Å²) >= 11 is 5.89. The van der Waals surface area contributed by atoms with E-state index in [1.807, 2.05) is 19.1 Å². The average Bonchev–Trinajstić information content (AvgIpc) is 3.19. The zero-order valence-corrected chi connectivity index (χ0v) is 18.0. The fraction of sp³-hybridized carbons (Fsp3) is 0.217. The molecule has 2 aromatic heterocycles. The smallest absolute Gasteiger partial charge is 0.320 e. The van der Waals surface area contributed by atoms with Crippen molar-refractivity contribution in [2.24, 2.45) is 7.05 Å². The minimum absolute atomic E-state index is 0.0891. The summed E-state index contributed by atoms with van der Waals surface area (Å²) in [7, 11) is 1.62. The maximum atomic E-state index is 12.9. The van der Waals surface area contributed by atoms with E-state index in [1.54, 1.807) is 54.3 Å². The van der Waals surface area contributed by atoms with Gasteiger partial charge < -0.3 is 4.57 Å². The zero-order chi connectivity index (χ0) is 22.1. The van der Waals surface area contributed by atoms with Crippen molar-refractivity contribution in [1.82, 2.24) is 18.7 Å². The largest absolute Gasteiger partial charge is 0.332 e. The number of halogens is 1. The maximum Gasteiger partial charge on any atom is 0.332 e. The number of rotatable bonds is 6. The predicted octanol–water partition coefficient (Wildman–Crippen LogP) is 3.24. The van der Waals surface area contributed by atoms with Gasteiger partial charge in [-0.05, 0) is 36.2 Å². The van der Waals surface area contributed by atoms with Gasteiger partial charge >= 0.3 is 5.69 Å². The molecule has 158 valence electrons. The van der Waals surface area contributed by atoms with Crippen molar-refractivity contribution in [3.63, 3.8) is 0 Å². The van der Waals surface area contributed by atoms with E-state index >= 15 is 0 Å². The number of imidazole rings is 1. The van der Waals surface area contributed by atoms with Crippen molar-refractivity contribution in [2.45, 2.75) is 26.4 Å². The Hall–Kier alpha value is -3.45. The number of fused-ring (bicyclic) bond motifs is 1. The second kappa shape index (κ2) is 8.35. The third kappa shape index (κ3) is 3.84. The Morgan fingerprint density at radius 1 is 1.00 bits per heavy atom. The number of nitrogens with zero attached hydrogens (tertiary/aromatic N) is 4. The van der Waals surface area contributed by atoms with E-state index in [4.69, 9.17) is 11.6 Å². The first kappa shape index (κ1) is 20.8. The van der Waals surface area contributed by atoms with E-state index in [-0.39, 0.29) is 17.0 Å². The lowest BCUT2D eigenvalue weighted by Crippen LogP contribution is -2.39. The standard InChI is InChI=1S/C23H21ClN4O3/c1-3-12-28-22(30)19-21(26(2)23(28)31)25-14-27(19)13-15-4-6-16(7-5-15)20(29)17-8-10-18(24)11-9-17/h4-11,14H,3,12-13H2,1-2H3. The molecule has 0 saturated carbocycles. The molecule has 0 saturated heterocycles. The van der Waals surface area contributed by atoms with Crippen LogP contribution in [0.4, 0.5) is 0 Å². The van der Waals surface area contributed by atoms with Crippen LogP contribution in [0, 0.1) is 0 Å². The minimum atomic E-state index is -0.366. The molecule has 8 heteroatoms. The lowest BCUT2D eigenvalue weighted by atomic mass is 10.0. The van der Waals surface area contributed by atoms with Crippen LogP contribution in [-0.4, -0.2) is 24.5 Å². The summed E-state index contributed by atoms with van der Waals surface area (Å²) in [6, 6.07) is 14.0. The molecular formula is C23H21ClN4O3. The molecule has 2 heterocycles. The maximum absolute atomic E-state index is 12.9. The van der Waals surface area contributed by atoms with Gasteiger partial charge in [0.15, 0.2) is 16.9 Å². The molecule has 7 nitrogen and oxygen atoms in total. The highest BCUT2D eigenvalue weighted by Gasteiger charge is 2.16. The Bertz CT molecular complexity index is 1380. The summed E-state index contributed by atoms with van der Waals surface area (Å²) in [5, 5.41) is 0.579. The van der Waals surface area contributed by atoms with Crippen LogP contribution in [0.3, 0.4) is 0 Å². The van der Waals surface area contributed by atoms with Crippen molar-refractivity contribution in [1.29, 1.82) is 0 Å². The minimum Gasteiger partial charge on any atom is -0.320 e. The molecular weight excluding hydrogens is 416 g/mol. The number of ketones is 1. The first-order chi connectivity index (χ1) is 14.9. The molecule has 0 fully saturated rings. The summed E-state index contributed by atoms with van der Waals surface area (Å²) in [5.41, 5.74) is 2.07. The quantitative estimate of drug-likeness (QED) is 0.435. The van der Waals surface area contributed by atoms with E-state index in [0.717, 1.165) is 5.56 Å². The third-order valence-electron chi connectivity index (χ3n) is 5.22. The molecule has 0 radical (unpaired) electrons. The van der Waals surface area contributed by atoms with Crippen LogP contribution in [0.15, 0.2) is 64.4 Å². The van der Waals surface area contributed by atoms with Crippen molar-refractivity contribution in [3.8, 4) is 0 Å². The van der Waals surface area contributed by atoms with Crippen LogP contribution in [0.25, 0.3) is 11.2 Å². The highest BCUT2D eigenvalue weighted by Crippen LogP contribution is 2.16. The summed E-state index contributed by atoms with van der Waals surface area (Å²) in [6.45, 7) is 2.67. The first-order valence-electron chi connectivity index (χ1n) is 9.94. The number of hydrogen-bond donors (Lipinski definition) is 0. The molecule has 31 heavy (non-hydrogen) atoms. The van der Waals surface area contributed by atoms with Crippen LogP contribution < -0.4 is 11.2 Å². The Balaban J connectivity index is 1.65. The van der Waals surface area contributed by atoms with E-state index in [1.165, 1.54) is 9.13 Å². The van der Waals surface area contributed by atoms with E-state index in [0.29, 0.717) is 46.8 Å². The Morgan fingerprint density at radius 3 is 2.23 bits per heavy atom. The van der Waals surface area contributed by atoms with Crippen molar-refractivity contribution in [3.05, 3.63) is 97.4 Å². The highest BCUT2D eigenvalue weighted by molar-refractivity contribution is 6.30. The molecule has 2 aromatic carbocycles. The second-order valence-electron chi connectivity index (χ2n) is 7.38. The molecule has 4 aromatic rings. The fourth-order valence-corrected chi connectivity index (χ4v) is 3.71. The van der Waals surface area contributed by atoms with Crippen molar-refractivity contribution >= 4 is 28.5 Å². The molecule has 0 atom stereocenters. The summed E-state index contributed by atoms with van der Waals surface area (Å²) in [4.78, 5) is 42.3. The number of carbonyl (C=O) groups excluding carboxylic acids is 1. The highest BCUT2D eigenvalue weighted by atomic mass is 35.5. The SMILES string of the molecule is CCCn1c(=O)c2c(ncn2Cc2ccc(C(=O)c3ccc(Cl)cc3)cc2)n(C)c1=O. The van der Waals surface area contributed by atoms with Gasteiger partial charge in [0.1, 0.15) is 0 Å². The molecule has 0 bridgehead atoms. The Labute approximate surface area is 183 Å². The molecule has 0 amide bonds. The summed E-state index contributed by atoms with van der Waals surface area (Å²) in [5.74, 6) is -0.0891. The van der Waals surface area contributed by atoms with Gasteiger partial charge in [-0.15, -0.1) is 0 Å². The molecule has 0 aliphatic heterocycles. The van der Waals surface area contributed by atoms with Crippen molar-refractivity contribution in [2.75, 3.05) is 0 Å². The number of aromatic nitrogens is 4. The van der Waals surface area contributed by atoms with E-state index < -0.39 is 0 Å². The predicted molar refractivity (Wildman–Crippen MR) is 120 cm³/mol. The number of benzene rings is 2. The lowest BCUT2D eigenvalue weighted by Gasteiger charge is -2.09. The topological polar surface area (TPSA) is 78.9 Å². The van der Waals surface area contributed by atoms with Crippen LogP contribution in [0.1, 0.15) is 34.8 Å². The fourth-order valence-electron chi connectivity index (χ4n) is 3.59. The molecule has 0 aliphatic carbocycles. The Kier molecular flexibility index (Phi) is 5.61. The van der Waals surface area contributed by atoms with Gasteiger partial charge in [-0.1, -0.05) is 42.8 Å². The molecule has 0 aliphatic rings. The number of hydrogen-bond acceptors (Lipinski definition) is 4. The summed E-state index contributed by atoms with van der Waals surface area (Å²) < 4.78 is 4.38. The molecule has 0 spiro atoms.